The Labute approximate surface area is 94.3 Å². The molecule has 0 spiro atoms. The molecule has 0 aliphatic carbocycles. The summed E-state index contributed by atoms with van der Waals surface area (Å²) in [5.74, 6) is 0.0217. The highest BCUT2D eigenvalue weighted by atomic mass is 32.1. The summed E-state index contributed by atoms with van der Waals surface area (Å²) in [5.41, 5.74) is 1.83. The molecule has 1 aromatic rings. The molecular weight excluding hydrogens is 210 g/mol. The molecule has 0 aliphatic heterocycles. The Morgan fingerprint density at radius 2 is 2.20 bits per heavy atom. The maximum Gasteiger partial charge on any atom is 0.255 e. The van der Waals surface area contributed by atoms with Gasteiger partial charge in [-0.05, 0) is 26.3 Å². The fourth-order valence-electron chi connectivity index (χ4n) is 1.42. The molecule has 3 nitrogen and oxygen atoms in total. The van der Waals surface area contributed by atoms with Crippen molar-refractivity contribution in [3.8, 4) is 0 Å². The lowest BCUT2D eigenvalue weighted by atomic mass is 10.1. The molecule has 84 valence electrons. The third kappa shape index (κ3) is 2.58. The van der Waals surface area contributed by atoms with Gasteiger partial charge in [0, 0.05) is 23.3 Å². The van der Waals surface area contributed by atoms with Crippen LogP contribution in [0.25, 0.3) is 0 Å². The summed E-state index contributed by atoms with van der Waals surface area (Å²) in [6.07, 6.45) is 0. The van der Waals surface area contributed by atoms with E-state index in [0.717, 1.165) is 11.1 Å². The molecule has 1 N–H and O–H groups in total. The van der Waals surface area contributed by atoms with Crippen molar-refractivity contribution in [1.82, 2.24) is 4.90 Å². The number of nitrogens with zero attached hydrogens (tertiary/aromatic N) is 1. The Balaban J connectivity index is 2.87. The Morgan fingerprint density at radius 1 is 1.53 bits per heavy atom. The smallest absolute Gasteiger partial charge is 0.255 e. The molecule has 1 rings (SSSR count). The zero-order valence-corrected chi connectivity index (χ0v) is 10.2. The molecule has 15 heavy (non-hydrogen) atoms. The monoisotopic (exact) mass is 227 g/mol. The summed E-state index contributed by atoms with van der Waals surface area (Å²) in [7, 11) is 0. The first-order chi connectivity index (χ1) is 7.11. The molecule has 1 heterocycles. The number of hydrogen-bond donors (Lipinski definition) is 1. The van der Waals surface area contributed by atoms with Gasteiger partial charge in [0.1, 0.15) is 0 Å². The SMILES string of the molecule is CCN(CCO)C(=O)c1csc(C)c1C. The van der Waals surface area contributed by atoms with Crippen LogP contribution in [0.15, 0.2) is 5.38 Å². The molecule has 0 radical (unpaired) electrons. The number of aliphatic hydroxyl groups is 1. The molecular formula is C11H17NO2S. The van der Waals surface area contributed by atoms with Gasteiger partial charge in [0.15, 0.2) is 0 Å². The minimum Gasteiger partial charge on any atom is -0.395 e. The third-order valence-electron chi connectivity index (χ3n) is 2.55. The molecule has 0 aromatic carbocycles. The number of amides is 1. The van der Waals surface area contributed by atoms with Crippen molar-refractivity contribution < 1.29 is 9.90 Å². The first-order valence-electron chi connectivity index (χ1n) is 5.06. The van der Waals surface area contributed by atoms with E-state index in [0.29, 0.717) is 13.1 Å². The van der Waals surface area contributed by atoms with Crippen LogP contribution in [-0.2, 0) is 0 Å². The van der Waals surface area contributed by atoms with Crippen molar-refractivity contribution in [2.45, 2.75) is 20.8 Å². The van der Waals surface area contributed by atoms with Crippen LogP contribution in [0.2, 0.25) is 0 Å². The highest BCUT2D eigenvalue weighted by Crippen LogP contribution is 2.21. The molecule has 0 saturated carbocycles. The standard InChI is InChI=1S/C11H17NO2S/c1-4-12(5-6-13)11(14)10-7-15-9(3)8(10)2/h7,13H,4-6H2,1-3H3. The second-order valence-electron chi connectivity index (χ2n) is 3.44. The molecule has 1 amide bonds. The summed E-state index contributed by atoms with van der Waals surface area (Å²) < 4.78 is 0. The van der Waals surface area contributed by atoms with E-state index in [2.05, 4.69) is 0 Å². The number of likely N-dealkylation sites (N-methyl/N-ethyl adjacent to an activating group) is 1. The Morgan fingerprint density at radius 3 is 2.60 bits per heavy atom. The van der Waals surface area contributed by atoms with E-state index in [-0.39, 0.29) is 12.5 Å². The number of aliphatic hydroxyl groups excluding tert-OH is 1. The summed E-state index contributed by atoms with van der Waals surface area (Å²) in [6.45, 7) is 6.95. The van der Waals surface area contributed by atoms with Crippen LogP contribution in [0.4, 0.5) is 0 Å². The van der Waals surface area contributed by atoms with E-state index in [9.17, 15) is 4.79 Å². The highest BCUT2D eigenvalue weighted by molar-refractivity contribution is 7.10. The molecule has 1 aromatic heterocycles. The molecule has 0 unspecified atom stereocenters. The maximum absolute atomic E-state index is 12.0. The Bertz CT molecular complexity index is 346. The number of hydrogen-bond acceptors (Lipinski definition) is 3. The lowest BCUT2D eigenvalue weighted by Gasteiger charge is -2.19. The molecule has 0 aliphatic rings. The second kappa shape index (κ2) is 5.28. The zero-order valence-electron chi connectivity index (χ0n) is 9.41. The van der Waals surface area contributed by atoms with Gasteiger partial charge >= 0.3 is 0 Å². The van der Waals surface area contributed by atoms with Crippen molar-refractivity contribution in [2.24, 2.45) is 0 Å². The van der Waals surface area contributed by atoms with Gasteiger partial charge in [-0.2, -0.15) is 0 Å². The molecule has 0 atom stereocenters. The van der Waals surface area contributed by atoms with Crippen molar-refractivity contribution in [3.05, 3.63) is 21.4 Å². The molecule has 4 heteroatoms. The van der Waals surface area contributed by atoms with E-state index >= 15 is 0 Å². The van der Waals surface area contributed by atoms with Crippen LogP contribution >= 0.6 is 11.3 Å². The highest BCUT2D eigenvalue weighted by Gasteiger charge is 2.17. The molecule has 0 saturated heterocycles. The van der Waals surface area contributed by atoms with E-state index in [1.54, 1.807) is 16.2 Å². The van der Waals surface area contributed by atoms with Crippen LogP contribution in [0.5, 0.6) is 0 Å². The molecule has 0 fully saturated rings. The van der Waals surface area contributed by atoms with Crippen LogP contribution in [0.1, 0.15) is 27.7 Å². The first kappa shape index (κ1) is 12.2. The minimum absolute atomic E-state index is 0.0156. The topological polar surface area (TPSA) is 40.5 Å². The van der Waals surface area contributed by atoms with Gasteiger partial charge in [0.2, 0.25) is 0 Å². The quantitative estimate of drug-likeness (QED) is 0.852. The average molecular weight is 227 g/mol. The predicted octanol–water partition coefficient (Wildman–Crippen LogP) is 1.82. The number of thiophene rings is 1. The van der Waals surface area contributed by atoms with E-state index < -0.39 is 0 Å². The zero-order chi connectivity index (χ0) is 11.4. The van der Waals surface area contributed by atoms with Crippen LogP contribution in [0.3, 0.4) is 0 Å². The number of aryl methyl sites for hydroxylation is 1. The third-order valence-corrected chi connectivity index (χ3v) is 3.57. The van der Waals surface area contributed by atoms with E-state index in [1.165, 1.54) is 4.88 Å². The molecule has 0 bridgehead atoms. The summed E-state index contributed by atoms with van der Waals surface area (Å²) in [4.78, 5) is 14.9. The number of carbonyl (C=O) groups excluding carboxylic acids is 1. The van der Waals surface area contributed by atoms with Gasteiger partial charge in [0.05, 0.1) is 12.2 Å². The van der Waals surface area contributed by atoms with E-state index in [4.69, 9.17) is 5.11 Å². The number of carbonyl (C=O) groups is 1. The van der Waals surface area contributed by atoms with Gasteiger partial charge in [-0.1, -0.05) is 0 Å². The Kier molecular flexibility index (Phi) is 4.29. The summed E-state index contributed by atoms with van der Waals surface area (Å²) >= 11 is 1.60. The average Bonchev–Trinajstić information content (AvgIpc) is 2.55. The van der Waals surface area contributed by atoms with Gasteiger partial charge in [-0.15, -0.1) is 11.3 Å². The maximum atomic E-state index is 12.0. The van der Waals surface area contributed by atoms with Gasteiger partial charge < -0.3 is 10.0 Å². The van der Waals surface area contributed by atoms with Crippen molar-refractivity contribution in [1.29, 1.82) is 0 Å². The number of rotatable bonds is 4. The van der Waals surface area contributed by atoms with Crippen LogP contribution < -0.4 is 0 Å². The van der Waals surface area contributed by atoms with E-state index in [1.807, 2.05) is 26.2 Å². The lowest BCUT2D eigenvalue weighted by Crippen LogP contribution is -2.33. The predicted molar refractivity (Wildman–Crippen MR) is 62.5 cm³/mol. The van der Waals surface area contributed by atoms with Crippen molar-refractivity contribution in [2.75, 3.05) is 19.7 Å². The van der Waals surface area contributed by atoms with Crippen LogP contribution in [0, 0.1) is 13.8 Å². The minimum atomic E-state index is 0.0156. The van der Waals surface area contributed by atoms with Crippen molar-refractivity contribution >= 4 is 17.2 Å². The summed E-state index contributed by atoms with van der Waals surface area (Å²) in [5, 5.41) is 10.7. The van der Waals surface area contributed by atoms with Crippen LogP contribution in [-0.4, -0.2) is 35.6 Å². The summed E-state index contributed by atoms with van der Waals surface area (Å²) in [6, 6.07) is 0. The second-order valence-corrected chi connectivity index (χ2v) is 4.52. The Hall–Kier alpha value is -0.870. The van der Waals surface area contributed by atoms with Crippen molar-refractivity contribution in [3.63, 3.8) is 0 Å². The normalized spacial score (nSPS) is 10.4. The van der Waals surface area contributed by atoms with Gasteiger partial charge in [-0.25, -0.2) is 0 Å². The van der Waals surface area contributed by atoms with Gasteiger partial charge in [-0.3, -0.25) is 4.79 Å². The first-order valence-corrected chi connectivity index (χ1v) is 5.94. The fourth-order valence-corrected chi connectivity index (χ4v) is 2.28. The fraction of sp³-hybridized carbons (Fsp3) is 0.545. The van der Waals surface area contributed by atoms with Gasteiger partial charge in [0.25, 0.3) is 5.91 Å². The lowest BCUT2D eigenvalue weighted by molar-refractivity contribution is 0.0732. The largest absolute Gasteiger partial charge is 0.395 e.